The van der Waals surface area contributed by atoms with Gasteiger partial charge < -0.3 is 9.26 Å². The van der Waals surface area contributed by atoms with Crippen LogP contribution in [-0.2, 0) is 16.0 Å². The van der Waals surface area contributed by atoms with Crippen LogP contribution in [0.25, 0.3) is 20.9 Å². The van der Waals surface area contributed by atoms with Gasteiger partial charge in [0, 0.05) is 19.4 Å². The molecule has 1 saturated heterocycles. The van der Waals surface area contributed by atoms with Crippen LogP contribution < -0.4 is 4.90 Å². The van der Waals surface area contributed by atoms with Crippen LogP contribution in [-0.4, -0.2) is 40.3 Å². The monoisotopic (exact) mass is 454 g/mol. The fraction of sp³-hybridized carbons (Fsp3) is 0.364. The van der Waals surface area contributed by atoms with Crippen LogP contribution in [0.2, 0.25) is 0 Å². The molecule has 0 N–H and O–H groups in total. The average Bonchev–Trinajstić information content (AvgIpc) is 3.58. The molecule has 0 radical (unpaired) electrons. The fourth-order valence-electron chi connectivity index (χ4n) is 3.64. The fourth-order valence-corrected chi connectivity index (χ4v) is 5.28. The number of thiazole rings is 1. The number of ether oxygens (including phenoxy) is 1. The summed E-state index contributed by atoms with van der Waals surface area (Å²) in [4.78, 5) is 25.1. The molecule has 1 aliphatic rings. The molecule has 0 aliphatic carbocycles. The summed E-state index contributed by atoms with van der Waals surface area (Å²) in [5, 5.41) is 6.75. The first kappa shape index (κ1) is 20.3. The van der Waals surface area contributed by atoms with Gasteiger partial charge in [0.1, 0.15) is 0 Å². The first-order valence-electron chi connectivity index (χ1n) is 10.4. The lowest BCUT2D eigenvalue weighted by molar-refractivity contribution is -0.119. The largest absolute Gasteiger partial charge is 0.376 e. The number of nitrogens with zero attached hydrogens (tertiary/aromatic N) is 4. The normalized spacial score (nSPS) is 16.2. The summed E-state index contributed by atoms with van der Waals surface area (Å²) in [6, 6.07) is 11.9. The van der Waals surface area contributed by atoms with Crippen molar-refractivity contribution in [3.63, 3.8) is 0 Å². The van der Waals surface area contributed by atoms with Crippen molar-refractivity contribution in [2.75, 3.05) is 18.1 Å². The quantitative estimate of drug-likeness (QED) is 0.375. The van der Waals surface area contributed by atoms with Crippen molar-refractivity contribution in [3.05, 3.63) is 47.7 Å². The molecule has 4 aromatic rings. The summed E-state index contributed by atoms with van der Waals surface area (Å²) >= 11 is 3.12. The van der Waals surface area contributed by atoms with E-state index < -0.39 is 0 Å². The summed E-state index contributed by atoms with van der Waals surface area (Å²) in [7, 11) is 0. The molecule has 1 amide bonds. The van der Waals surface area contributed by atoms with E-state index in [-0.39, 0.29) is 12.0 Å². The first-order chi connectivity index (χ1) is 15.3. The van der Waals surface area contributed by atoms with E-state index in [9.17, 15) is 4.79 Å². The van der Waals surface area contributed by atoms with Gasteiger partial charge in [-0.2, -0.15) is 4.98 Å². The van der Waals surface area contributed by atoms with E-state index in [2.05, 4.69) is 10.1 Å². The number of fused-ring (bicyclic) bond motifs is 1. The van der Waals surface area contributed by atoms with Crippen LogP contribution in [0.3, 0.4) is 0 Å². The Morgan fingerprint density at radius 1 is 1.19 bits per heavy atom. The van der Waals surface area contributed by atoms with Crippen LogP contribution >= 0.6 is 22.7 Å². The predicted molar refractivity (Wildman–Crippen MR) is 121 cm³/mol. The molecule has 1 fully saturated rings. The van der Waals surface area contributed by atoms with E-state index in [1.807, 2.05) is 41.8 Å². The van der Waals surface area contributed by atoms with Gasteiger partial charge in [-0.25, -0.2) is 4.98 Å². The minimum atomic E-state index is 0.0487. The maximum Gasteiger partial charge on any atom is 0.228 e. The highest BCUT2D eigenvalue weighted by molar-refractivity contribution is 7.22. The highest BCUT2D eigenvalue weighted by Gasteiger charge is 2.26. The zero-order valence-electron chi connectivity index (χ0n) is 16.9. The zero-order chi connectivity index (χ0) is 21.0. The van der Waals surface area contributed by atoms with Crippen molar-refractivity contribution in [2.45, 2.75) is 38.2 Å². The molecule has 1 aromatic carbocycles. The molecule has 9 heteroatoms. The van der Waals surface area contributed by atoms with E-state index in [1.54, 1.807) is 27.6 Å². The van der Waals surface area contributed by atoms with Gasteiger partial charge in [-0.15, -0.1) is 11.3 Å². The van der Waals surface area contributed by atoms with Crippen LogP contribution in [0.1, 0.15) is 31.6 Å². The number of hydrogen-bond acceptors (Lipinski definition) is 8. The van der Waals surface area contributed by atoms with Gasteiger partial charge in [0.05, 0.1) is 27.7 Å². The Balaban J connectivity index is 1.25. The number of benzene rings is 1. The molecule has 160 valence electrons. The Morgan fingerprint density at radius 2 is 2.13 bits per heavy atom. The molecular formula is C22H22N4O3S2. The summed E-state index contributed by atoms with van der Waals surface area (Å²) in [6.45, 7) is 1.30. The van der Waals surface area contributed by atoms with Gasteiger partial charge >= 0.3 is 0 Å². The van der Waals surface area contributed by atoms with Crippen molar-refractivity contribution in [2.24, 2.45) is 0 Å². The molecule has 1 unspecified atom stereocenters. The van der Waals surface area contributed by atoms with Crippen LogP contribution in [0, 0.1) is 0 Å². The predicted octanol–water partition coefficient (Wildman–Crippen LogP) is 4.94. The Hall–Kier alpha value is -2.62. The zero-order valence-corrected chi connectivity index (χ0v) is 18.5. The highest BCUT2D eigenvalue weighted by Crippen LogP contribution is 2.30. The molecular weight excluding hydrogens is 432 g/mol. The maximum atomic E-state index is 13.2. The number of thiophene rings is 1. The van der Waals surface area contributed by atoms with E-state index in [1.165, 1.54) is 0 Å². The molecule has 31 heavy (non-hydrogen) atoms. The second kappa shape index (κ2) is 9.25. The number of carbonyl (C=O) groups is 1. The Labute approximate surface area is 187 Å². The summed E-state index contributed by atoms with van der Waals surface area (Å²) in [5.41, 5.74) is 0.916. The number of anilines is 1. The summed E-state index contributed by atoms with van der Waals surface area (Å²) < 4.78 is 12.2. The lowest BCUT2D eigenvalue weighted by Crippen LogP contribution is -2.37. The molecule has 4 heterocycles. The maximum absolute atomic E-state index is 13.2. The standard InChI is InChI=1S/C22H22N4O3S2/c27-20(11-3-10-19-24-21(25-29-19)18-9-5-13-30-18)26(14-15-6-4-12-28-15)22-23-16-7-1-2-8-17(16)31-22/h1-2,5,7-9,13,15H,3-4,6,10-12,14H2. The molecule has 1 atom stereocenters. The Bertz CT molecular complexity index is 1120. The van der Waals surface area contributed by atoms with Crippen molar-refractivity contribution >= 4 is 43.9 Å². The van der Waals surface area contributed by atoms with E-state index in [0.717, 1.165) is 39.7 Å². The van der Waals surface area contributed by atoms with Gasteiger partial charge in [-0.1, -0.05) is 34.7 Å². The van der Waals surface area contributed by atoms with E-state index in [0.29, 0.717) is 37.5 Å². The number of aryl methyl sites for hydroxylation is 1. The second-order valence-electron chi connectivity index (χ2n) is 7.45. The van der Waals surface area contributed by atoms with Gasteiger partial charge in [0.25, 0.3) is 0 Å². The second-order valence-corrected chi connectivity index (χ2v) is 9.40. The number of carbonyl (C=O) groups excluding carboxylic acids is 1. The number of hydrogen-bond donors (Lipinski definition) is 0. The average molecular weight is 455 g/mol. The van der Waals surface area contributed by atoms with Crippen molar-refractivity contribution in [1.82, 2.24) is 15.1 Å². The van der Waals surface area contributed by atoms with Gasteiger partial charge in [-0.05, 0) is 42.8 Å². The van der Waals surface area contributed by atoms with Crippen molar-refractivity contribution < 1.29 is 14.1 Å². The van der Waals surface area contributed by atoms with Gasteiger partial charge in [0.15, 0.2) is 5.13 Å². The molecule has 1 aliphatic heterocycles. The number of para-hydroxylation sites is 1. The van der Waals surface area contributed by atoms with Gasteiger partial charge in [0.2, 0.25) is 17.6 Å². The molecule has 0 spiro atoms. The minimum Gasteiger partial charge on any atom is -0.376 e. The lowest BCUT2D eigenvalue weighted by atomic mass is 10.2. The number of rotatable bonds is 8. The lowest BCUT2D eigenvalue weighted by Gasteiger charge is -2.23. The molecule has 5 rings (SSSR count). The van der Waals surface area contributed by atoms with E-state index >= 15 is 0 Å². The topological polar surface area (TPSA) is 81.4 Å². The number of aromatic nitrogens is 3. The van der Waals surface area contributed by atoms with Crippen LogP contribution in [0.5, 0.6) is 0 Å². The minimum absolute atomic E-state index is 0.0487. The molecule has 0 saturated carbocycles. The summed E-state index contributed by atoms with van der Waals surface area (Å²) in [6.07, 6.45) is 3.67. The molecule has 3 aromatic heterocycles. The first-order valence-corrected chi connectivity index (χ1v) is 12.1. The summed E-state index contributed by atoms with van der Waals surface area (Å²) in [5.74, 6) is 1.21. The third-order valence-corrected chi connectivity index (χ3v) is 7.14. The Morgan fingerprint density at radius 3 is 2.94 bits per heavy atom. The smallest absolute Gasteiger partial charge is 0.228 e. The third-order valence-electron chi connectivity index (χ3n) is 5.22. The van der Waals surface area contributed by atoms with Gasteiger partial charge in [-0.3, -0.25) is 9.69 Å². The van der Waals surface area contributed by atoms with Crippen LogP contribution in [0.15, 0.2) is 46.3 Å². The molecule has 7 nitrogen and oxygen atoms in total. The van der Waals surface area contributed by atoms with Crippen LogP contribution in [0.4, 0.5) is 5.13 Å². The highest BCUT2D eigenvalue weighted by atomic mass is 32.1. The molecule has 0 bridgehead atoms. The Kier molecular flexibility index (Phi) is 6.06. The number of amides is 1. The van der Waals surface area contributed by atoms with E-state index in [4.69, 9.17) is 14.2 Å². The van der Waals surface area contributed by atoms with Crippen molar-refractivity contribution in [3.8, 4) is 10.7 Å². The van der Waals surface area contributed by atoms with Crippen molar-refractivity contribution in [1.29, 1.82) is 0 Å². The third kappa shape index (κ3) is 4.68. The SMILES string of the molecule is O=C(CCCc1nc(-c2cccs2)no1)N(CC1CCCO1)c1nc2ccccc2s1.